The predicted molar refractivity (Wildman–Crippen MR) is 114 cm³/mol. The zero-order valence-corrected chi connectivity index (χ0v) is 16.6. The van der Waals surface area contributed by atoms with E-state index in [0.29, 0.717) is 18.0 Å². The highest BCUT2D eigenvalue weighted by Crippen LogP contribution is 2.14. The lowest BCUT2D eigenvalue weighted by Gasteiger charge is -2.08. The van der Waals surface area contributed by atoms with Crippen LogP contribution in [0.4, 0.5) is 0 Å². The van der Waals surface area contributed by atoms with Gasteiger partial charge in [-0.05, 0) is 54.5 Å². The van der Waals surface area contributed by atoms with Crippen molar-refractivity contribution < 1.29 is 9.53 Å². The van der Waals surface area contributed by atoms with Gasteiger partial charge in [0.2, 0.25) is 5.91 Å². The van der Waals surface area contributed by atoms with Crippen molar-refractivity contribution in [2.75, 3.05) is 0 Å². The lowest BCUT2D eigenvalue weighted by atomic mass is 10.1. The Kier molecular flexibility index (Phi) is 6.70. The molecule has 0 atom stereocenters. The molecule has 0 unspecified atom stereocenters. The van der Waals surface area contributed by atoms with E-state index in [9.17, 15) is 9.59 Å². The molecule has 1 aromatic heterocycles. The Hall–Kier alpha value is -3.52. The van der Waals surface area contributed by atoms with Gasteiger partial charge in [0.1, 0.15) is 12.4 Å². The Bertz CT molecular complexity index is 1090. The molecule has 0 saturated heterocycles. The van der Waals surface area contributed by atoms with Crippen molar-refractivity contribution in [2.24, 2.45) is 5.10 Å². The van der Waals surface area contributed by atoms with Crippen LogP contribution in [0.3, 0.4) is 0 Å². The maximum atomic E-state index is 12.0. The molecule has 3 rings (SSSR count). The maximum absolute atomic E-state index is 12.0. The summed E-state index contributed by atoms with van der Waals surface area (Å²) in [6.45, 7) is 2.29. The molecule has 0 aliphatic carbocycles. The molecule has 3 N–H and O–H groups in total. The van der Waals surface area contributed by atoms with Crippen LogP contribution >= 0.6 is 12.2 Å². The molecule has 8 heteroatoms. The Morgan fingerprint density at radius 3 is 2.52 bits per heavy atom. The number of hydrogen-bond donors (Lipinski definition) is 3. The molecule has 3 aromatic rings. The molecular weight excluding hydrogens is 388 g/mol. The first kappa shape index (κ1) is 20.2. The second kappa shape index (κ2) is 9.61. The van der Waals surface area contributed by atoms with Crippen LogP contribution in [0.5, 0.6) is 5.75 Å². The first-order valence-corrected chi connectivity index (χ1v) is 9.33. The van der Waals surface area contributed by atoms with Gasteiger partial charge < -0.3 is 9.72 Å². The summed E-state index contributed by atoms with van der Waals surface area (Å²) in [5.74, 6) is 0.391. The molecule has 0 aliphatic heterocycles. The Morgan fingerprint density at radius 2 is 1.83 bits per heavy atom. The highest BCUT2D eigenvalue weighted by atomic mass is 32.1. The normalized spacial score (nSPS) is 11.1. The van der Waals surface area contributed by atoms with Gasteiger partial charge in [-0.2, -0.15) is 5.10 Å². The van der Waals surface area contributed by atoms with E-state index in [-0.39, 0.29) is 22.7 Å². The van der Waals surface area contributed by atoms with Crippen LogP contribution in [-0.4, -0.2) is 21.6 Å². The first-order chi connectivity index (χ1) is 14.0. The van der Waals surface area contributed by atoms with E-state index in [0.717, 1.165) is 16.9 Å². The fourth-order valence-electron chi connectivity index (χ4n) is 2.57. The topological polar surface area (TPSA) is 99.3 Å². The van der Waals surface area contributed by atoms with Crippen molar-refractivity contribution in [1.29, 1.82) is 0 Å². The van der Waals surface area contributed by atoms with E-state index < -0.39 is 0 Å². The number of carbonyl (C=O) groups excluding carboxylic acids is 1. The zero-order valence-electron chi connectivity index (χ0n) is 15.8. The van der Waals surface area contributed by atoms with Gasteiger partial charge in [0.15, 0.2) is 4.77 Å². The molecule has 7 nitrogen and oxygen atoms in total. The van der Waals surface area contributed by atoms with Crippen LogP contribution in [-0.2, 0) is 17.8 Å². The summed E-state index contributed by atoms with van der Waals surface area (Å²) in [5, 5.41) is 4.11. The van der Waals surface area contributed by atoms with E-state index in [1.165, 1.54) is 6.07 Å². The fraction of sp³-hybridized carbons (Fsp3) is 0.143. The minimum atomic E-state index is -0.358. The fourth-order valence-corrected chi connectivity index (χ4v) is 2.80. The average molecular weight is 408 g/mol. The number of ether oxygens (including phenoxy) is 1. The highest BCUT2D eigenvalue weighted by Gasteiger charge is 2.05. The summed E-state index contributed by atoms with van der Waals surface area (Å²) in [6, 6.07) is 18.7. The number of nitrogens with one attached hydrogen (secondary N) is 3. The minimum absolute atomic E-state index is 0.0311. The minimum Gasteiger partial charge on any atom is -0.489 e. The second-order valence-electron chi connectivity index (χ2n) is 6.32. The van der Waals surface area contributed by atoms with Gasteiger partial charge in [-0.1, -0.05) is 30.3 Å². The van der Waals surface area contributed by atoms with Crippen molar-refractivity contribution >= 4 is 23.8 Å². The number of carbonyl (C=O) groups is 1. The largest absolute Gasteiger partial charge is 0.489 e. The smallest absolute Gasteiger partial charge is 0.251 e. The number of aromatic nitrogens is 2. The van der Waals surface area contributed by atoms with E-state index in [1.807, 2.05) is 54.6 Å². The molecular formula is C21H20N4O3S. The SMILES string of the molecule is C/C(=N/NC(=O)Cc1cc(=O)[nH]c(=S)[nH]1)c1ccc(OCc2ccccc2)cc1. The molecule has 1 heterocycles. The summed E-state index contributed by atoms with van der Waals surface area (Å²) in [6.07, 6.45) is -0.0311. The van der Waals surface area contributed by atoms with Crippen molar-refractivity contribution in [3.8, 4) is 5.75 Å². The number of amides is 1. The van der Waals surface area contributed by atoms with E-state index >= 15 is 0 Å². The molecule has 0 saturated carbocycles. The number of hydrazone groups is 1. The number of aromatic amines is 2. The van der Waals surface area contributed by atoms with E-state index in [4.69, 9.17) is 17.0 Å². The zero-order chi connectivity index (χ0) is 20.6. The summed E-state index contributed by atoms with van der Waals surface area (Å²) < 4.78 is 5.94. The van der Waals surface area contributed by atoms with Gasteiger partial charge in [0.05, 0.1) is 12.1 Å². The van der Waals surface area contributed by atoms with Crippen molar-refractivity contribution in [2.45, 2.75) is 20.0 Å². The van der Waals surface area contributed by atoms with Crippen LogP contribution in [0.25, 0.3) is 0 Å². The predicted octanol–water partition coefficient (Wildman–Crippen LogP) is 3.09. The third-order valence-electron chi connectivity index (χ3n) is 4.04. The number of hydrogen-bond acceptors (Lipinski definition) is 5. The van der Waals surface area contributed by atoms with Crippen LogP contribution in [0.1, 0.15) is 23.7 Å². The van der Waals surface area contributed by atoms with Crippen molar-refractivity contribution in [3.05, 3.63) is 92.6 Å². The lowest BCUT2D eigenvalue weighted by molar-refractivity contribution is -0.120. The number of H-pyrrole nitrogens is 2. The standard InChI is InChI=1S/C21H20N4O3S/c1-14(24-25-20(27)12-17-11-19(26)23-21(29)22-17)16-7-9-18(10-8-16)28-13-15-5-3-2-4-6-15/h2-11H,12-13H2,1H3,(H,25,27)(H2,22,23,26,29)/b24-14-. The molecule has 0 radical (unpaired) electrons. The summed E-state index contributed by atoms with van der Waals surface area (Å²) >= 11 is 4.89. The number of rotatable bonds is 7. The van der Waals surface area contributed by atoms with Crippen molar-refractivity contribution in [1.82, 2.24) is 15.4 Å². The Morgan fingerprint density at radius 1 is 1.10 bits per heavy atom. The monoisotopic (exact) mass is 408 g/mol. The third kappa shape index (κ3) is 6.25. The van der Waals surface area contributed by atoms with E-state index in [2.05, 4.69) is 20.5 Å². The summed E-state index contributed by atoms with van der Waals surface area (Å²) in [4.78, 5) is 28.6. The Balaban J connectivity index is 1.55. The molecule has 148 valence electrons. The lowest BCUT2D eigenvalue weighted by Crippen LogP contribution is -2.23. The molecule has 0 spiro atoms. The van der Waals surface area contributed by atoms with Gasteiger partial charge in [-0.3, -0.25) is 14.6 Å². The second-order valence-corrected chi connectivity index (χ2v) is 6.73. The van der Waals surface area contributed by atoms with Gasteiger partial charge in [-0.15, -0.1) is 0 Å². The first-order valence-electron chi connectivity index (χ1n) is 8.92. The van der Waals surface area contributed by atoms with Crippen LogP contribution in [0.2, 0.25) is 0 Å². The quantitative estimate of drug-likeness (QED) is 0.318. The van der Waals surface area contributed by atoms with Gasteiger partial charge in [-0.25, -0.2) is 5.43 Å². The van der Waals surface area contributed by atoms with Crippen LogP contribution in [0.15, 0.2) is 70.6 Å². The van der Waals surface area contributed by atoms with E-state index in [1.54, 1.807) is 6.92 Å². The van der Waals surface area contributed by atoms with Gasteiger partial charge >= 0.3 is 0 Å². The molecule has 1 amide bonds. The molecule has 0 fully saturated rings. The summed E-state index contributed by atoms with van der Waals surface area (Å²) in [7, 11) is 0. The van der Waals surface area contributed by atoms with Gasteiger partial charge in [0.25, 0.3) is 5.56 Å². The highest BCUT2D eigenvalue weighted by molar-refractivity contribution is 7.71. The third-order valence-corrected chi connectivity index (χ3v) is 4.24. The number of nitrogens with zero attached hydrogens (tertiary/aromatic N) is 1. The van der Waals surface area contributed by atoms with Crippen molar-refractivity contribution in [3.63, 3.8) is 0 Å². The molecule has 2 aromatic carbocycles. The van der Waals surface area contributed by atoms with Crippen LogP contribution in [0, 0.1) is 4.77 Å². The molecule has 29 heavy (non-hydrogen) atoms. The summed E-state index contributed by atoms with van der Waals surface area (Å²) in [5.41, 5.74) is 5.14. The molecule has 0 bridgehead atoms. The average Bonchev–Trinajstić information content (AvgIpc) is 2.71. The number of benzene rings is 2. The maximum Gasteiger partial charge on any atom is 0.251 e. The Labute approximate surface area is 172 Å². The molecule has 0 aliphatic rings. The van der Waals surface area contributed by atoms with Gasteiger partial charge in [0, 0.05) is 11.8 Å². The van der Waals surface area contributed by atoms with Crippen LogP contribution < -0.4 is 15.7 Å².